The topological polar surface area (TPSA) is 79.2 Å². The van der Waals surface area contributed by atoms with Crippen molar-refractivity contribution in [3.05, 3.63) is 34.9 Å². The van der Waals surface area contributed by atoms with Crippen molar-refractivity contribution in [1.29, 1.82) is 0 Å². The lowest BCUT2D eigenvalue weighted by Gasteiger charge is -2.44. The maximum atomic E-state index is 10.4. The molecule has 1 saturated heterocycles. The Hall–Kier alpha value is -0.980. The van der Waals surface area contributed by atoms with Gasteiger partial charge in [0.05, 0.1) is 11.7 Å². The summed E-state index contributed by atoms with van der Waals surface area (Å²) in [4.78, 5) is 0. The molecule has 0 radical (unpaired) electrons. The highest BCUT2D eigenvalue weighted by Gasteiger charge is 2.45. The van der Waals surface area contributed by atoms with E-state index in [2.05, 4.69) is 39.0 Å². The normalized spacial score (nSPS) is 34.9. The summed E-state index contributed by atoms with van der Waals surface area (Å²) in [7, 11) is 0. The van der Waals surface area contributed by atoms with Crippen molar-refractivity contribution < 1.29 is 24.8 Å². The highest BCUT2D eigenvalue weighted by molar-refractivity contribution is 5.08. The second-order valence-electron chi connectivity index (χ2n) is 10.1. The maximum absolute atomic E-state index is 10.4. The highest BCUT2D eigenvalue weighted by Crippen LogP contribution is 2.35. The minimum absolute atomic E-state index is 0.223. The smallest absolute Gasteiger partial charge is 0.187 e. The maximum Gasteiger partial charge on any atom is 0.187 e. The van der Waals surface area contributed by atoms with Crippen molar-refractivity contribution in [2.24, 2.45) is 5.92 Å². The molecule has 6 atom stereocenters. The zero-order valence-corrected chi connectivity index (χ0v) is 20.3. The van der Waals surface area contributed by atoms with E-state index >= 15 is 0 Å². The molecule has 1 heterocycles. The molecule has 1 aliphatic heterocycles. The molecule has 0 bridgehead atoms. The lowest BCUT2D eigenvalue weighted by molar-refractivity contribution is -0.322. The lowest BCUT2D eigenvalue weighted by Crippen LogP contribution is -2.59. The Kier molecular flexibility index (Phi) is 9.97. The van der Waals surface area contributed by atoms with Crippen LogP contribution in [0.1, 0.15) is 86.5 Å². The van der Waals surface area contributed by atoms with Crippen molar-refractivity contribution in [3.63, 3.8) is 0 Å². The molecule has 0 aromatic rings. The Balaban J connectivity index is 2.16. The number of rotatable bonds is 3. The van der Waals surface area contributed by atoms with E-state index in [-0.39, 0.29) is 5.92 Å². The molecule has 0 spiro atoms. The molecule has 0 amide bonds. The zero-order valence-electron chi connectivity index (χ0n) is 20.3. The number of aliphatic hydroxyl groups is 3. The van der Waals surface area contributed by atoms with E-state index in [9.17, 15) is 15.3 Å². The Morgan fingerprint density at radius 1 is 0.839 bits per heavy atom. The number of aliphatic hydroxyl groups excluding tert-OH is 3. The van der Waals surface area contributed by atoms with Gasteiger partial charge in [-0.05, 0) is 92.4 Å². The number of allylic oxidation sites excluding steroid dienone is 6. The molecule has 3 N–H and O–H groups in total. The molecule has 1 fully saturated rings. The van der Waals surface area contributed by atoms with Crippen LogP contribution in [-0.4, -0.2) is 51.6 Å². The largest absolute Gasteiger partial charge is 0.388 e. The molecule has 1 aliphatic carbocycles. The lowest BCUT2D eigenvalue weighted by atomic mass is 9.82. The molecule has 178 valence electrons. The third-order valence-electron chi connectivity index (χ3n) is 6.91. The van der Waals surface area contributed by atoms with E-state index in [1.807, 2.05) is 13.8 Å². The minimum atomic E-state index is -1.28. The summed E-state index contributed by atoms with van der Waals surface area (Å²) >= 11 is 0. The van der Waals surface area contributed by atoms with Gasteiger partial charge in [-0.3, -0.25) is 0 Å². The molecule has 31 heavy (non-hydrogen) atoms. The van der Waals surface area contributed by atoms with Gasteiger partial charge in [0.2, 0.25) is 0 Å². The summed E-state index contributed by atoms with van der Waals surface area (Å²) in [6.45, 7) is 12.4. The van der Waals surface area contributed by atoms with Crippen molar-refractivity contribution in [2.75, 3.05) is 0 Å². The van der Waals surface area contributed by atoms with Crippen LogP contribution in [-0.2, 0) is 9.47 Å². The molecule has 6 unspecified atom stereocenters. The van der Waals surface area contributed by atoms with Crippen LogP contribution in [0.15, 0.2) is 34.9 Å². The van der Waals surface area contributed by atoms with Crippen molar-refractivity contribution in [2.45, 2.75) is 123 Å². The molecule has 2 aliphatic rings. The zero-order chi connectivity index (χ0) is 23.2. The van der Waals surface area contributed by atoms with Gasteiger partial charge < -0.3 is 24.8 Å². The highest BCUT2D eigenvalue weighted by atomic mass is 16.7. The van der Waals surface area contributed by atoms with Gasteiger partial charge in [0.1, 0.15) is 18.3 Å². The first-order valence-corrected chi connectivity index (χ1v) is 11.9. The number of hydrogen-bond donors (Lipinski definition) is 3. The summed E-state index contributed by atoms with van der Waals surface area (Å²) in [5.41, 5.74) is 3.68. The fraction of sp³-hybridized carbons (Fsp3) is 0.769. The van der Waals surface area contributed by atoms with Gasteiger partial charge in [0.15, 0.2) is 6.29 Å². The molecular formula is C26H44O5. The average Bonchev–Trinajstić information content (AvgIpc) is 2.69. The fourth-order valence-electron chi connectivity index (χ4n) is 4.40. The molecule has 0 aromatic heterocycles. The van der Waals surface area contributed by atoms with Crippen LogP contribution in [0.4, 0.5) is 0 Å². The van der Waals surface area contributed by atoms with E-state index in [1.165, 1.54) is 16.7 Å². The third kappa shape index (κ3) is 7.83. The van der Waals surface area contributed by atoms with Crippen LogP contribution in [0, 0.1) is 5.92 Å². The second-order valence-corrected chi connectivity index (χ2v) is 10.1. The second kappa shape index (κ2) is 11.8. The van der Waals surface area contributed by atoms with Gasteiger partial charge >= 0.3 is 0 Å². The van der Waals surface area contributed by atoms with E-state index in [1.54, 1.807) is 6.92 Å². The van der Waals surface area contributed by atoms with E-state index in [0.29, 0.717) is 0 Å². The Bertz CT molecular complexity index is 663. The van der Waals surface area contributed by atoms with Crippen molar-refractivity contribution in [1.82, 2.24) is 0 Å². The van der Waals surface area contributed by atoms with Crippen LogP contribution < -0.4 is 0 Å². The number of ether oxygens (including phenoxy) is 2. The summed E-state index contributed by atoms with van der Waals surface area (Å²) in [5, 5.41) is 30.5. The SMILES string of the molecule is CC1=CCCC(C)=CCC(C(C)(C)OC2OC(C)C(O)C(O)C2O)CCC(C)=CCC1. The molecule has 5 nitrogen and oxygen atoms in total. The standard InChI is InChI=1S/C26H44O5/c1-17-9-7-11-18(2)13-15-21(16-14-19(3)12-8-10-17)26(5,6)31-25-24(29)23(28)22(27)20(4)30-25/h9,12-13,20-25,27-29H,7-8,10-11,14-16H2,1-6H3. The molecule has 0 aromatic carbocycles. The van der Waals surface area contributed by atoms with Crippen LogP contribution in [0.25, 0.3) is 0 Å². The van der Waals surface area contributed by atoms with Crippen LogP contribution >= 0.6 is 0 Å². The van der Waals surface area contributed by atoms with Crippen LogP contribution in [0.5, 0.6) is 0 Å². The molecule has 2 rings (SSSR count). The van der Waals surface area contributed by atoms with Gasteiger partial charge in [-0.25, -0.2) is 0 Å². The summed E-state index contributed by atoms with van der Waals surface area (Å²) in [5.74, 6) is 0.223. The quantitative estimate of drug-likeness (QED) is 0.554. The molecular weight excluding hydrogens is 392 g/mol. The van der Waals surface area contributed by atoms with E-state index < -0.39 is 36.3 Å². The van der Waals surface area contributed by atoms with Gasteiger partial charge in [-0.1, -0.05) is 34.9 Å². The Morgan fingerprint density at radius 2 is 1.39 bits per heavy atom. The van der Waals surface area contributed by atoms with E-state index in [4.69, 9.17) is 9.47 Å². The predicted molar refractivity (Wildman–Crippen MR) is 125 cm³/mol. The third-order valence-corrected chi connectivity index (χ3v) is 6.91. The average molecular weight is 437 g/mol. The van der Waals surface area contributed by atoms with E-state index in [0.717, 1.165) is 44.9 Å². The van der Waals surface area contributed by atoms with Gasteiger partial charge in [0.25, 0.3) is 0 Å². The van der Waals surface area contributed by atoms with Crippen molar-refractivity contribution >= 4 is 0 Å². The first-order chi connectivity index (χ1) is 14.5. The Labute approximate surface area is 188 Å². The van der Waals surface area contributed by atoms with Gasteiger partial charge in [-0.2, -0.15) is 0 Å². The van der Waals surface area contributed by atoms with Gasteiger partial charge in [0, 0.05) is 0 Å². The van der Waals surface area contributed by atoms with Gasteiger partial charge in [-0.15, -0.1) is 0 Å². The predicted octanol–water partition coefficient (Wildman–Crippen LogP) is 4.81. The summed E-state index contributed by atoms with van der Waals surface area (Å²) in [6, 6.07) is 0. The van der Waals surface area contributed by atoms with Crippen LogP contribution in [0.3, 0.4) is 0 Å². The van der Waals surface area contributed by atoms with Crippen LogP contribution in [0.2, 0.25) is 0 Å². The number of hydrogen-bond acceptors (Lipinski definition) is 5. The Morgan fingerprint density at radius 3 is 2.00 bits per heavy atom. The summed E-state index contributed by atoms with van der Waals surface area (Å²) < 4.78 is 12.0. The fourth-order valence-corrected chi connectivity index (χ4v) is 4.40. The van der Waals surface area contributed by atoms with Crippen molar-refractivity contribution in [3.8, 4) is 0 Å². The summed E-state index contributed by atoms with van der Waals surface area (Å²) in [6.07, 6.45) is 8.96. The first kappa shape index (κ1) is 26.3. The first-order valence-electron chi connectivity index (χ1n) is 11.9. The monoisotopic (exact) mass is 436 g/mol. The minimum Gasteiger partial charge on any atom is -0.388 e. The molecule has 0 saturated carbocycles. The molecule has 5 heteroatoms.